The Hall–Kier alpha value is -4.76. The molecule has 0 spiro atoms. The van der Waals surface area contributed by atoms with Gasteiger partial charge in [0.2, 0.25) is 0 Å². The summed E-state index contributed by atoms with van der Waals surface area (Å²) in [5.74, 6) is -0.629. The fourth-order valence-corrected chi connectivity index (χ4v) is 7.21. The smallest absolute Gasteiger partial charge is 0.333 e. The Morgan fingerprint density at radius 3 is 2.24 bits per heavy atom. The Balaban J connectivity index is 1.52. The summed E-state index contributed by atoms with van der Waals surface area (Å²) in [7, 11) is 0. The molecule has 0 saturated heterocycles. The number of esters is 3. The topological polar surface area (TPSA) is 125 Å². The van der Waals surface area contributed by atoms with Gasteiger partial charge in [0.25, 0.3) is 0 Å². The monoisotopic (exact) mass is 740 g/mol. The lowest BCUT2D eigenvalue weighted by atomic mass is 9.71. The van der Waals surface area contributed by atoms with Crippen molar-refractivity contribution < 1.29 is 43.2 Å². The van der Waals surface area contributed by atoms with Gasteiger partial charge in [-0.2, -0.15) is 0 Å². The first kappa shape index (κ1) is 42.0. The number of carbonyl (C=O) groups excluding carboxylic acids is 4. The maximum absolute atomic E-state index is 13.8. The average molecular weight is 741 g/mol. The molecule has 4 unspecified atom stereocenters. The molecular formula is C45H56O9. The quantitative estimate of drug-likeness (QED) is 0.0451. The molecule has 0 saturated carbocycles. The highest BCUT2D eigenvalue weighted by atomic mass is 16.6. The fourth-order valence-electron chi connectivity index (χ4n) is 7.21. The van der Waals surface area contributed by atoms with E-state index in [1.165, 1.54) is 38.8 Å². The Kier molecular flexibility index (Phi) is 14.0. The number of hydrogen-bond donors (Lipinski definition) is 1. The zero-order chi connectivity index (χ0) is 39.8. The van der Waals surface area contributed by atoms with Crippen molar-refractivity contribution in [3.8, 4) is 11.5 Å². The van der Waals surface area contributed by atoms with E-state index in [0.717, 1.165) is 30.4 Å². The highest BCUT2D eigenvalue weighted by molar-refractivity contribution is 6.02. The molecule has 2 aliphatic rings. The van der Waals surface area contributed by atoms with E-state index in [0.29, 0.717) is 40.9 Å². The van der Waals surface area contributed by atoms with E-state index in [4.69, 9.17) is 18.9 Å². The van der Waals surface area contributed by atoms with Gasteiger partial charge in [0.15, 0.2) is 11.2 Å². The number of fused-ring (bicyclic) bond motifs is 1. The van der Waals surface area contributed by atoms with Crippen LogP contribution in [0.5, 0.6) is 11.5 Å². The van der Waals surface area contributed by atoms with Gasteiger partial charge in [-0.15, -0.1) is 0 Å². The third kappa shape index (κ3) is 10.1. The van der Waals surface area contributed by atoms with Crippen molar-refractivity contribution in [1.82, 2.24) is 0 Å². The summed E-state index contributed by atoms with van der Waals surface area (Å²) in [6.07, 6.45) is 11.9. The van der Waals surface area contributed by atoms with Gasteiger partial charge in [-0.25, -0.2) is 4.79 Å². The van der Waals surface area contributed by atoms with Gasteiger partial charge in [0, 0.05) is 23.5 Å². The maximum atomic E-state index is 13.8. The zero-order valence-electron chi connectivity index (χ0n) is 33.0. The number of allylic oxidation sites excluding steroid dienone is 6. The van der Waals surface area contributed by atoms with Crippen molar-refractivity contribution in [3.63, 3.8) is 0 Å². The van der Waals surface area contributed by atoms with Crippen LogP contribution >= 0.6 is 0 Å². The number of ketones is 1. The van der Waals surface area contributed by atoms with E-state index in [1.54, 1.807) is 37.3 Å². The van der Waals surface area contributed by atoms with Gasteiger partial charge in [-0.05, 0) is 112 Å². The summed E-state index contributed by atoms with van der Waals surface area (Å²) in [5.41, 5.74) is 2.11. The first-order valence-corrected chi connectivity index (χ1v) is 18.9. The predicted molar refractivity (Wildman–Crippen MR) is 208 cm³/mol. The first-order valence-electron chi connectivity index (χ1n) is 18.9. The second-order valence-electron chi connectivity index (χ2n) is 15.4. The summed E-state index contributed by atoms with van der Waals surface area (Å²) in [4.78, 5) is 51.5. The highest BCUT2D eigenvalue weighted by Crippen LogP contribution is 2.50. The number of rotatable bonds is 16. The second-order valence-corrected chi connectivity index (χ2v) is 15.4. The van der Waals surface area contributed by atoms with E-state index in [-0.39, 0.29) is 31.7 Å². The summed E-state index contributed by atoms with van der Waals surface area (Å²) in [6.45, 7) is 17.8. The number of carbonyl (C=O) groups is 4. The molecule has 4 rings (SSSR count). The van der Waals surface area contributed by atoms with Crippen LogP contribution < -0.4 is 9.47 Å². The van der Waals surface area contributed by atoms with E-state index in [1.807, 2.05) is 6.07 Å². The molecule has 2 aliphatic carbocycles. The molecular weight excluding hydrogens is 684 g/mol. The molecule has 2 aromatic rings. The van der Waals surface area contributed by atoms with E-state index in [9.17, 15) is 24.3 Å². The van der Waals surface area contributed by atoms with Crippen LogP contribution in [0, 0.1) is 23.2 Å². The molecule has 0 fully saturated rings. The second kappa shape index (κ2) is 18.0. The molecule has 0 heterocycles. The standard InChI is InChI=1S/C45H56O9/c1-10-31-27-37(29(5)34(11-2)36-15-13-12-14-35(31)36)38-26-30(22-23-52-41(47)28(3)4)16-21-39(38)54-43(49)44(6,7)42(48)53-25-24-51-33-19-17-32(18-20-33)40(46)45(8,9)50/h12-21,26,29,34,36-37,50H,3,10-11,22-25,27H2,1-2,4-9H3. The first-order chi connectivity index (χ1) is 25.5. The SMILES string of the molecule is C=C(C)C(=O)OCCc1ccc(OC(=O)C(C)(C)C(=O)OCCOc2ccc(C(=O)C(C)(C)O)cc2)c(C2CC(CC)=C3C=CC=CC3C(CC)C2C)c1. The van der Waals surface area contributed by atoms with Crippen LogP contribution in [-0.4, -0.2) is 54.2 Å². The van der Waals surface area contributed by atoms with E-state index in [2.05, 4.69) is 57.7 Å². The number of ether oxygens (including phenoxy) is 4. The zero-order valence-corrected chi connectivity index (χ0v) is 33.0. The summed E-state index contributed by atoms with van der Waals surface area (Å²) >= 11 is 0. The Morgan fingerprint density at radius 2 is 1.61 bits per heavy atom. The van der Waals surface area contributed by atoms with Gasteiger partial charge in [0.05, 0.1) is 6.61 Å². The van der Waals surface area contributed by atoms with Crippen molar-refractivity contribution in [2.45, 2.75) is 92.6 Å². The molecule has 1 N–H and O–H groups in total. The number of hydrogen-bond acceptors (Lipinski definition) is 9. The van der Waals surface area contributed by atoms with Crippen LogP contribution in [0.1, 0.15) is 102 Å². The highest BCUT2D eigenvalue weighted by Gasteiger charge is 2.42. The normalized spacial score (nSPS) is 19.7. The van der Waals surface area contributed by atoms with Crippen LogP contribution in [0.3, 0.4) is 0 Å². The lowest BCUT2D eigenvalue weighted by molar-refractivity contribution is -0.165. The van der Waals surface area contributed by atoms with Crippen LogP contribution in [0.25, 0.3) is 0 Å². The van der Waals surface area contributed by atoms with Crippen molar-refractivity contribution >= 4 is 23.7 Å². The lowest BCUT2D eigenvalue weighted by Crippen LogP contribution is -2.39. The summed E-state index contributed by atoms with van der Waals surface area (Å²) in [6, 6.07) is 12.0. The molecule has 4 atom stereocenters. The average Bonchev–Trinajstić information content (AvgIpc) is 3.26. The molecule has 9 heteroatoms. The Morgan fingerprint density at radius 1 is 0.907 bits per heavy atom. The maximum Gasteiger partial charge on any atom is 0.333 e. The molecule has 0 aliphatic heterocycles. The Labute approximate surface area is 320 Å². The van der Waals surface area contributed by atoms with Crippen molar-refractivity contribution in [2.24, 2.45) is 23.2 Å². The molecule has 2 aromatic carbocycles. The molecule has 0 radical (unpaired) electrons. The largest absolute Gasteiger partial charge is 0.490 e. The Bertz CT molecular complexity index is 1800. The van der Waals surface area contributed by atoms with Crippen LogP contribution in [0.2, 0.25) is 0 Å². The van der Waals surface area contributed by atoms with E-state index < -0.39 is 34.7 Å². The molecule has 0 aromatic heterocycles. The molecule has 0 amide bonds. The third-order valence-electron chi connectivity index (χ3n) is 10.5. The lowest BCUT2D eigenvalue weighted by Gasteiger charge is -2.34. The van der Waals surface area contributed by atoms with Gasteiger partial charge in [-0.3, -0.25) is 14.4 Å². The molecule has 0 bridgehead atoms. The van der Waals surface area contributed by atoms with Gasteiger partial charge < -0.3 is 24.1 Å². The minimum Gasteiger partial charge on any atom is -0.490 e. The third-order valence-corrected chi connectivity index (χ3v) is 10.5. The minimum absolute atomic E-state index is 0.0139. The molecule has 9 nitrogen and oxygen atoms in total. The minimum atomic E-state index is -1.63. The van der Waals surface area contributed by atoms with Crippen molar-refractivity contribution in [1.29, 1.82) is 0 Å². The van der Waals surface area contributed by atoms with E-state index >= 15 is 0 Å². The number of aliphatic hydroxyl groups is 1. The predicted octanol–water partition coefficient (Wildman–Crippen LogP) is 8.45. The summed E-state index contributed by atoms with van der Waals surface area (Å²) in [5, 5.41) is 9.97. The van der Waals surface area contributed by atoms with Crippen LogP contribution in [-0.2, 0) is 30.3 Å². The van der Waals surface area contributed by atoms with Gasteiger partial charge in [-0.1, -0.05) is 75.8 Å². The van der Waals surface area contributed by atoms with Crippen LogP contribution in [0.4, 0.5) is 0 Å². The van der Waals surface area contributed by atoms with Crippen LogP contribution in [0.15, 0.2) is 90.1 Å². The molecule has 54 heavy (non-hydrogen) atoms. The van der Waals surface area contributed by atoms with Crippen molar-refractivity contribution in [3.05, 3.63) is 107 Å². The number of Topliss-reactive ketones (excluding diaryl/α,β-unsaturated/α-hetero) is 1. The number of benzene rings is 2. The molecule has 290 valence electrons. The van der Waals surface area contributed by atoms with Gasteiger partial charge >= 0.3 is 17.9 Å². The summed E-state index contributed by atoms with van der Waals surface area (Å²) < 4.78 is 22.7. The fraction of sp³-hybridized carbons (Fsp3) is 0.467. The van der Waals surface area contributed by atoms with Gasteiger partial charge in [0.1, 0.15) is 30.3 Å². The van der Waals surface area contributed by atoms with Crippen molar-refractivity contribution in [2.75, 3.05) is 19.8 Å².